The van der Waals surface area contributed by atoms with Crippen LogP contribution in [-0.2, 0) is 10.0 Å². The Bertz CT molecular complexity index is 501. The standard InChI is InChI=1S/C12H23N5O2S/c1-5-17(8-6-7-16(3)4)20(18,19)11-9-14-12(13-2)15-10-11/h9-10H,5-8H2,1-4H3,(H,13,14,15). The molecule has 0 aliphatic heterocycles. The lowest BCUT2D eigenvalue weighted by Gasteiger charge is -2.21. The van der Waals surface area contributed by atoms with Crippen molar-refractivity contribution in [2.24, 2.45) is 0 Å². The third kappa shape index (κ3) is 4.39. The zero-order valence-electron chi connectivity index (χ0n) is 12.5. The summed E-state index contributed by atoms with van der Waals surface area (Å²) in [5.74, 6) is 0.402. The SMILES string of the molecule is CCN(CCCN(C)C)S(=O)(=O)c1cnc(NC)nc1. The first kappa shape index (κ1) is 16.8. The maximum absolute atomic E-state index is 12.5. The van der Waals surface area contributed by atoms with Crippen LogP contribution in [0, 0.1) is 0 Å². The number of anilines is 1. The zero-order chi connectivity index (χ0) is 15.2. The second kappa shape index (κ2) is 7.51. The van der Waals surface area contributed by atoms with E-state index < -0.39 is 10.0 Å². The third-order valence-electron chi connectivity index (χ3n) is 2.86. The van der Waals surface area contributed by atoms with Crippen LogP contribution < -0.4 is 5.32 Å². The normalized spacial score (nSPS) is 12.1. The lowest BCUT2D eigenvalue weighted by molar-refractivity contribution is 0.356. The highest BCUT2D eigenvalue weighted by atomic mass is 32.2. The first-order chi connectivity index (χ1) is 9.41. The Hall–Kier alpha value is -1.25. The van der Waals surface area contributed by atoms with E-state index in [1.54, 1.807) is 7.05 Å². The van der Waals surface area contributed by atoms with Gasteiger partial charge in [0.2, 0.25) is 16.0 Å². The van der Waals surface area contributed by atoms with Crippen LogP contribution in [0.3, 0.4) is 0 Å². The number of hydrogen-bond donors (Lipinski definition) is 1. The highest BCUT2D eigenvalue weighted by Crippen LogP contribution is 2.14. The molecule has 0 bridgehead atoms. The van der Waals surface area contributed by atoms with Crippen molar-refractivity contribution in [3.05, 3.63) is 12.4 Å². The molecule has 114 valence electrons. The molecule has 1 aromatic rings. The molecule has 0 fully saturated rings. The molecule has 0 saturated heterocycles. The van der Waals surface area contributed by atoms with Gasteiger partial charge in [0, 0.05) is 20.1 Å². The second-order valence-electron chi connectivity index (χ2n) is 4.65. The minimum absolute atomic E-state index is 0.128. The molecule has 0 aliphatic carbocycles. The quantitative estimate of drug-likeness (QED) is 0.752. The van der Waals surface area contributed by atoms with Crippen LogP contribution in [0.2, 0.25) is 0 Å². The minimum Gasteiger partial charge on any atom is -0.357 e. The molecule has 20 heavy (non-hydrogen) atoms. The lowest BCUT2D eigenvalue weighted by Crippen LogP contribution is -2.33. The fourth-order valence-corrected chi connectivity index (χ4v) is 3.12. The van der Waals surface area contributed by atoms with Crippen LogP contribution >= 0.6 is 0 Å². The van der Waals surface area contributed by atoms with Gasteiger partial charge < -0.3 is 10.2 Å². The maximum atomic E-state index is 12.5. The molecular weight excluding hydrogens is 278 g/mol. The Kier molecular flexibility index (Phi) is 6.31. The Labute approximate surface area is 121 Å². The number of nitrogens with one attached hydrogen (secondary N) is 1. The second-order valence-corrected chi connectivity index (χ2v) is 6.58. The summed E-state index contributed by atoms with van der Waals surface area (Å²) in [6, 6.07) is 0. The molecule has 1 N–H and O–H groups in total. The van der Waals surface area contributed by atoms with Gasteiger partial charge in [-0.1, -0.05) is 6.92 Å². The van der Waals surface area contributed by atoms with Crippen LogP contribution in [0.15, 0.2) is 17.3 Å². The van der Waals surface area contributed by atoms with Crippen LogP contribution in [0.1, 0.15) is 13.3 Å². The molecule has 1 aromatic heterocycles. The molecule has 0 spiro atoms. The van der Waals surface area contributed by atoms with Gasteiger partial charge in [-0.3, -0.25) is 0 Å². The van der Waals surface area contributed by atoms with Crippen molar-refractivity contribution in [1.29, 1.82) is 0 Å². The molecule has 0 aliphatic rings. The predicted molar refractivity (Wildman–Crippen MR) is 79.2 cm³/mol. The average Bonchev–Trinajstić information content (AvgIpc) is 2.43. The molecule has 1 heterocycles. The summed E-state index contributed by atoms with van der Waals surface area (Å²) in [4.78, 5) is 10.1. The first-order valence-electron chi connectivity index (χ1n) is 6.56. The molecule has 0 saturated carbocycles. The zero-order valence-corrected chi connectivity index (χ0v) is 13.3. The van der Waals surface area contributed by atoms with Crippen molar-refractivity contribution in [3.8, 4) is 0 Å². The first-order valence-corrected chi connectivity index (χ1v) is 8.00. The molecule has 0 aromatic carbocycles. The number of nitrogens with zero attached hydrogens (tertiary/aromatic N) is 4. The van der Waals surface area contributed by atoms with Crippen LogP contribution in [-0.4, -0.2) is 68.4 Å². The Morgan fingerprint density at radius 1 is 1.20 bits per heavy atom. The van der Waals surface area contributed by atoms with E-state index in [4.69, 9.17) is 0 Å². The number of aromatic nitrogens is 2. The highest BCUT2D eigenvalue weighted by molar-refractivity contribution is 7.89. The third-order valence-corrected chi connectivity index (χ3v) is 4.78. The largest absolute Gasteiger partial charge is 0.357 e. The van der Waals surface area contributed by atoms with Crippen molar-refractivity contribution in [3.63, 3.8) is 0 Å². The number of hydrogen-bond acceptors (Lipinski definition) is 6. The molecule has 0 atom stereocenters. The molecule has 7 nitrogen and oxygen atoms in total. The van der Waals surface area contributed by atoms with Gasteiger partial charge in [0.1, 0.15) is 4.90 Å². The van der Waals surface area contributed by atoms with E-state index in [1.807, 2.05) is 25.9 Å². The van der Waals surface area contributed by atoms with Crippen molar-refractivity contribution >= 4 is 16.0 Å². The summed E-state index contributed by atoms with van der Waals surface area (Å²) in [5.41, 5.74) is 0. The van der Waals surface area contributed by atoms with E-state index in [-0.39, 0.29) is 4.90 Å². The summed E-state index contributed by atoms with van der Waals surface area (Å²) < 4.78 is 26.4. The van der Waals surface area contributed by atoms with Crippen LogP contribution in [0.4, 0.5) is 5.95 Å². The van der Waals surface area contributed by atoms with Crippen LogP contribution in [0.25, 0.3) is 0 Å². The van der Waals surface area contributed by atoms with E-state index in [1.165, 1.54) is 16.7 Å². The van der Waals surface area contributed by atoms with E-state index >= 15 is 0 Å². The van der Waals surface area contributed by atoms with E-state index in [9.17, 15) is 8.42 Å². The van der Waals surface area contributed by atoms with E-state index in [2.05, 4.69) is 15.3 Å². The van der Waals surface area contributed by atoms with Gasteiger partial charge in [-0.15, -0.1) is 0 Å². The molecule has 8 heteroatoms. The van der Waals surface area contributed by atoms with Crippen molar-refractivity contribution < 1.29 is 8.42 Å². The van der Waals surface area contributed by atoms with Gasteiger partial charge in [-0.05, 0) is 27.1 Å². The Morgan fingerprint density at radius 3 is 2.25 bits per heavy atom. The summed E-state index contributed by atoms with van der Waals surface area (Å²) in [6.07, 6.45) is 3.46. The molecule has 0 amide bonds. The van der Waals surface area contributed by atoms with Gasteiger partial charge >= 0.3 is 0 Å². The van der Waals surface area contributed by atoms with E-state index in [0.29, 0.717) is 19.0 Å². The van der Waals surface area contributed by atoms with Gasteiger partial charge in [0.25, 0.3) is 0 Å². The number of rotatable bonds is 8. The van der Waals surface area contributed by atoms with Crippen molar-refractivity contribution in [2.75, 3.05) is 46.1 Å². The van der Waals surface area contributed by atoms with Crippen LogP contribution in [0.5, 0.6) is 0 Å². The average molecular weight is 301 g/mol. The summed E-state index contributed by atoms with van der Waals surface area (Å²) in [6.45, 7) is 3.60. The fraction of sp³-hybridized carbons (Fsp3) is 0.667. The molecule has 0 unspecified atom stereocenters. The number of sulfonamides is 1. The van der Waals surface area contributed by atoms with Gasteiger partial charge in [-0.25, -0.2) is 18.4 Å². The molecule has 0 radical (unpaired) electrons. The maximum Gasteiger partial charge on any atom is 0.246 e. The summed E-state index contributed by atoms with van der Waals surface area (Å²) >= 11 is 0. The van der Waals surface area contributed by atoms with Gasteiger partial charge in [-0.2, -0.15) is 4.31 Å². The van der Waals surface area contributed by atoms with Crippen molar-refractivity contribution in [1.82, 2.24) is 19.2 Å². The topological polar surface area (TPSA) is 78.4 Å². The Balaban J connectivity index is 2.82. The highest BCUT2D eigenvalue weighted by Gasteiger charge is 2.23. The Morgan fingerprint density at radius 2 is 1.80 bits per heavy atom. The molecular formula is C12H23N5O2S. The van der Waals surface area contributed by atoms with Crippen molar-refractivity contribution in [2.45, 2.75) is 18.2 Å². The lowest BCUT2D eigenvalue weighted by atomic mass is 10.4. The van der Waals surface area contributed by atoms with E-state index in [0.717, 1.165) is 13.0 Å². The smallest absolute Gasteiger partial charge is 0.246 e. The van der Waals surface area contributed by atoms with Gasteiger partial charge in [0.05, 0.1) is 12.4 Å². The minimum atomic E-state index is -3.51. The molecule has 1 rings (SSSR count). The summed E-state index contributed by atoms with van der Waals surface area (Å²) in [5, 5.41) is 2.76. The fourth-order valence-electron chi connectivity index (χ4n) is 1.74. The predicted octanol–water partition coefficient (Wildman–Crippen LogP) is 0.481. The van der Waals surface area contributed by atoms with Gasteiger partial charge in [0.15, 0.2) is 0 Å². The monoisotopic (exact) mass is 301 g/mol. The summed E-state index contributed by atoms with van der Waals surface area (Å²) in [7, 11) is 2.11.